The number of hydrogen-bond acceptors (Lipinski definition) is 0. The van der Waals surface area contributed by atoms with Gasteiger partial charge >= 0.3 is 0 Å². The normalized spacial score (nSPS) is 13.8. The Morgan fingerprint density at radius 2 is 1.15 bits per heavy atom. The van der Waals surface area contributed by atoms with Gasteiger partial charge in [0.05, 0.1) is 0 Å². The second-order valence-corrected chi connectivity index (χ2v) is 7.30. The van der Waals surface area contributed by atoms with Gasteiger partial charge in [-0.25, -0.2) is 0 Å². The van der Waals surface area contributed by atoms with Crippen molar-refractivity contribution in [2.75, 3.05) is 0 Å². The van der Waals surface area contributed by atoms with Crippen molar-refractivity contribution < 1.29 is 0 Å². The van der Waals surface area contributed by atoms with Crippen molar-refractivity contribution in [2.45, 2.75) is 32.1 Å². The van der Waals surface area contributed by atoms with E-state index < -0.39 is 0 Å². The van der Waals surface area contributed by atoms with Gasteiger partial charge in [-0.05, 0) is 59.9 Å². The largest absolute Gasteiger partial charge is 0.0699 e. The molecule has 0 radical (unpaired) electrons. The molecule has 0 heteroatoms. The van der Waals surface area contributed by atoms with E-state index in [-0.39, 0.29) is 0 Å². The Hall–Kier alpha value is -2.86. The van der Waals surface area contributed by atoms with Gasteiger partial charge < -0.3 is 0 Å². The summed E-state index contributed by atoms with van der Waals surface area (Å²) in [6.07, 6.45) is 10.6. The molecule has 0 bridgehead atoms. The van der Waals surface area contributed by atoms with Gasteiger partial charge in [-0.3, -0.25) is 0 Å². The molecule has 0 fully saturated rings. The second kappa shape index (κ2) is 8.68. The lowest BCUT2D eigenvalue weighted by Crippen LogP contribution is -1.95. The Morgan fingerprint density at radius 3 is 1.78 bits per heavy atom. The van der Waals surface area contributed by atoms with Crippen LogP contribution in [0.1, 0.15) is 36.8 Å². The molecule has 0 saturated carbocycles. The van der Waals surface area contributed by atoms with Gasteiger partial charge in [-0.2, -0.15) is 0 Å². The average Bonchev–Trinajstić information content (AvgIpc) is 2.76. The van der Waals surface area contributed by atoms with Crippen LogP contribution in [0.5, 0.6) is 0 Å². The highest BCUT2D eigenvalue weighted by atomic mass is 14.1. The molecule has 134 valence electrons. The minimum Gasteiger partial charge on any atom is -0.0699 e. The molecule has 0 heterocycles. The Morgan fingerprint density at radius 1 is 0.519 bits per heavy atom. The van der Waals surface area contributed by atoms with Crippen molar-refractivity contribution in [2.24, 2.45) is 0 Å². The first-order chi connectivity index (χ1) is 13.4. The molecule has 27 heavy (non-hydrogen) atoms. The summed E-state index contributed by atoms with van der Waals surface area (Å²) in [6.45, 7) is 0. The fraction of sp³-hybridized carbons (Fsp3) is 0.185. The van der Waals surface area contributed by atoms with Crippen molar-refractivity contribution in [3.8, 4) is 11.1 Å². The molecule has 1 aliphatic carbocycles. The van der Waals surface area contributed by atoms with Gasteiger partial charge in [-0.15, -0.1) is 0 Å². The van der Waals surface area contributed by atoms with E-state index in [4.69, 9.17) is 0 Å². The Kier molecular flexibility index (Phi) is 5.64. The van der Waals surface area contributed by atoms with Gasteiger partial charge in [0, 0.05) is 0 Å². The van der Waals surface area contributed by atoms with Crippen LogP contribution < -0.4 is 0 Å². The molecular formula is C27H26. The van der Waals surface area contributed by atoms with Crippen LogP contribution in [0.4, 0.5) is 0 Å². The van der Waals surface area contributed by atoms with E-state index in [1.807, 2.05) is 0 Å². The Labute approximate surface area is 162 Å². The lowest BCUT2D eigenvalue weighted by molar-refractivity contribution is 0.770. The molecule has 0 saturated heterocycles. The van der Waals surface area contributed by atoms with Crippen molar-refractivity contribution in [3.63, 3.8) is 0 Å². The third-order valence-electron chi connectivity index (χ3n) is 5.40. The van der Waals surface area contributed by atoms with E-state index >= 15 is 0 Å². The van der Waals surface area contributed by atoms with Crippen LogP contribution in [-0.2, 0) is 6.42 Å². The monoisotopic (exact) mass is 350 g/mol. The summed E-state index contributed by atoms with van der Waals surface area (Å²) in [4.78, 5) is 0. The smallest absolute Gasteiger partial charge is 0.0184 e. The summed E-state index contributed by atoms with van der Waals surface area (Å²) in [5.74, 6) is 0. The van der Waals surface area contributed by atoms with Crippen LogP contribution in [0.2, 0.25) is 0 Å². The Bertz CT molecular complexity index is 913. The molecule has 3 aromatic carbocycles. The van der Waals surface area contributed by atoms with Gasteiger partial charge in [0.25, 0.3) is 0 Å². The summed E-state index contributed by atoms with van der Waals surface area (Å²) >= 11 is 0. The van der Waals surface area contributed by atoms with Gasteiger partial charge in [0.1, 0.15) is 0 Å². The molecule has 1 aliphatic rings. The molecule has 0 N–H and O–H groups in total. The number of benzene rings is 3. The highest BCUT2D eigenvalue weighted by Crippen LogP contribution is 2.29. The highest BCUT2D eigenvalue weighted by Gasteiger charge is 2.08. The molecule has 3 aromatic rings. The lowest BCUT2D eigenvalue weighted by atomic mass is 9.90. The van der Waals surface area contributed by atoms with Crippen molar-refractivity contribution >= 4 is 5.57 Å². The third kappa shape index (κ3) is 4.65. The first-order valence-electron chi connectivity index (χ1n) is 9.97. The quantitative estimate of drug-likeness (QED) is 0.432. The van der Waals surface area contributed by atoms with Crippen LogP contribution in [0.25, 0.3) is 16.7 Å². The molecule has 4 rings (SSSR count). The van der Waals surface area contributed by atoms with E-state index in [2.05, 4.69) is 97.1 Å². The third-order valence-corrected chi connectivity index (χ3v) is 5.40. The molecule has 0 amide bonds. The van der Waals surface area contributed by atoms with Crippen LogP contribution in [0, 0.1) is 0 Å². The molecular weight excluding hydrogens is 324 g/mol. The lowest BCUT2D eigenvalue weighted by Gasteiger charge is -2.15. The fourth-order valence-electron chi connectivity index (χ4n) is 3.80. The van der Waals surface area contributed by atoms with E-state index in [1.54, 1.807) is 5.57 Å². The zero-order valence-electron chi connectivity index (χ0n) is 15.8. The number of rotatable bonds is 6. The molecule has 0 spiro atoms. The van der Waals surface area contributed by atoms with E-state index in [0.29, 0.717) is 0 Å². The molecule has 0 atom stereocenters. The minimum absolute atomic E-state index is 1.15. The summed E-state index contributed by atoms with van der Waals surface area (Å²) in [5, 5.41) is 0. The molecule has 0 aromatic heterocycles. The van der Waals surface area contributed by atoms with Crippen molar-refractivity contribution in [1.29, 1.82) is 0 Å². The molecule has 0 nitrogen and oxygen atoms in total. The maximum absolute atomic E-state index is 2.35. The number of aryl methyl sites for hydroxylation is 1. The van der Waals surface area contributed by atoms with Gasteiger partial charge in [-0.1, -0.05) is 103 Å². The minimum atomic E-state index is 1.15. The standard InChI is InChI=1S/C27H26/c1-3-10-24(11-4-1)26-18-14-22(15-19-26)8-7-9-23-16-20-27(21-17-23)25-12-5-2-6-13-25/h1-6,10-16,18-20H,7-9,17,21H2. The van der Waals surface area contributed by atoms with E-state index in [1.165, 1.54) is 53.5 Å². The predicted octanol–water partition coefficient (Wildman–Crippen LogP) is 7.48. The van der Waals surface area contributed by atoms with Crippen LogP contribution >= 0.6 is 0 Å². The predicted molar refractivity (Wildman–Crippen MR) is 117 cm³/mol. The van der Waals surface area contributed by atoms with Crippen molar-refractivity contribution in [1.82, 2.24) is 0 Å². The van der Waals surface area contributed by atoms with E-state index in [0.717, 1.165) is 6.42 Å². The molecule has 0 aliphatic heterocycles. The maximum atomic E-state index is 2.35. The summed E-state index contributed by atoms with van der Waals surface area (Å²) in [5.41, 5.74) is 8.45. The zero-order chi connectivity index (χ0) is 18.3. The van der Waals surface area contributed by atoms with Crippen LogP contribution in [0.15, 0.2) is 103 Å². The fourth-order valence-corrected chi connectivity index (χ4v) is 3.80. The number of allylic oxidation sites excluding steroid dienone is 4. The first kappa shape index (κ1) is 17.5. The average molecular weight is 351 g/mol. The number of hydrogen-bond donors (Lipinski definition) is 0. The van der Waals surface area contributed by atoms with Gasteiger partial charge in [0.2, 0.25) is 0 Å². The van der Waals surface area contributed by atoms with Crippen LogP contribution in [0.3, 0.4) is 0 Å². The first-order valence-corrected chi connectivity index (χ1v) is 9.97. The topological polar surface area (TPSA) is 0 Å². The highest BCUT2D eigenvalue weighted by molar-refractivity contribution is 5.68. The van der Waals surface area contributed by atoms with Crippen molar-refractivity contribution in [3.05, 3.63) is 114 Å². The summed E-state index contributed by atoms with van der Waals surface area (Å²) in [7, 11) is 0. The second-order valence-electron chi connectivity index (χ2n) is 7.30. The van der Waals surface area contributed by atoms with Crippen LogP contribution in [-0.4, -0.2) is 0 Å². The van der Waals surface area contributed by atoms with E-state index in [9.17, 15) is 0 Å². The zero-order valence-corrected chi connectivity index (χ0v) is 15.8. The molecule has 0 unspecified atom stereocenters. The maximum Gasteiger partial charge on any atom is -0.0184 e. The summed E-state index contributed by atoms with van der Waals surface area (Å²) in [6, 6.07) is 30.4. The Balaban J connectivity index is 1.30. The summed E-state index contributed by atoms with van der Waals surface area (Å²) < 4.78 is 0. The SMILES string of the molecule is C1=C(CCCc2ccc(-c3ccccc3)cc2)CCC(c2ccccc2)=C1. The van der Waals surface area contributed by atoms with Gasteiger partial charge in [0.15, 0.2) is 0 Å².